The second kappa shape index (κ2) is 3.88. The highest BCUT2D eigenvalue weighted by molar-refractivity contribution is 5.27. The van der Waals surface area contributed by atoms with Gasteiger partial charge in [0.05, 0.1) is 0 Å². The lowest BCUT2D eigenvalue weighted by Gasteiger charge is -2.23. The fourth-order valence-corrected chi connectivity index (χ4v) is 1.47. The van der Waals surface area contributed by atoms with E-state index in [0.717, 1.165) is 6.42 Å². The number of aromatic nitrogens is 1. The number of allylic oxidation sites excluding steroid dienone is 1. The number of nitrogens with one attached hydrogen (secondary N) is 1. The Morgan fingerprint density at radius 3 is 2.20 bits per heavy atom. The van der Waals surface area contributed by atoms with Crippen molar-refractivity contribution in [2.24, 2.45) is 0 Å². The molecule has 1 nitrogen and oxygen atoms in total. The number of aromatic amines is 1. The van der Waals surface area contributed by atoms with Crippen molar-refractivity contribution >= 4 is 0 Å². The Bertz CT molecular complexity index is 342. The van der Waals surface area contributed by atoms with E-state index in [1.165, 1.54) is 11.4 Å². The van der Waals surface area contributed by atoms with Crippen molar-refractivity contribution in [2.45, 2.75) is 51.9 Å². The minimum atomic E-state index is 0.0298. The first kappa shape index (κ1) is 12.1. The van der Waals surface area contributed by atoms with Crippen molar-refractivity contribution in [1.29, 1.82) is 0 Å². The van der Waals surface area contributed by atoms with Crippen molar-refractivity contribution in [3.8, 4) is 0 Å². The molecule has 0 saturated carbocycles. The van der Waals surface area contributed by atoms with E-state index >= 15 is 0 Å². The molecule has 0 aliphatic heterocycles. The van der Waals surface area contributed by atoms with Gasteiger partial charge in [-0.25, -0.2) is 0 Å². The van der Waals surface area contributed by atoms with E-state index in [2.05, 4.69) is 58.3 Å². The van der Waals surface area contributed by atoms with Gasteiger partial charge < -0.3 is 4.98 Å². The molecule has 1 N–H and O–H groups in total. The van der Waals surface area contributed by atoms with Crippen LogP contribution in [0.5, 0.6) is 0 Å². The average Bonchev–Trinajstić information content (AvgIpc) is 2.67. The highest BCUT2D eigenvalue weighted by Gasteiger charge is 2.23. The molecule has 1 heteroatoms. The van der Waals surface area contributed by atoms with Crippen LogP contribution in [-0.4, -0.2) is 4.98 Å². The zero-order valence-corrected chi connectivity index (χ0v) is 10.6. The minimum absolute atomic E-state index is 0.0298. The van der Waals surface area contributed by atoms with Crippen LogP contribution in [0.2, 0.25) is 0 Å². The van der Waals surface area contributed by atoms with Crippen molar-refractivity contribution in [3.63, 3.8) is 0 Å². The Kier molecular flexibility index (Phi) is 3.13. The summed E-state index contributed by atoms with van der Waals surface area (Å²) < 4.78 is 0. The molecule has 1 aromatic rings. The quantitative estimate of drug-likeness (QED) is 0.710. The Labute approximate surface area is 93.6 Å². The number of hydrogen-bond acceptors (Lipinski definition) is 0. The maximum Gasteiger partial charge on any atom is 0.0245 e. The van der Waals surface area contributed by atoms with E-state index in [1.807, 2.05) is 6.08 Å². The van der Waals surface area contributed by atoms with Crippen molar-refractivity contribution < 1.29 is 0 Å². The van der Waals surface area contributed by atoms with Crippen LogP contribution in [0.3, 0.4) is 0 Å². The van der Waals surface area contributed by atoms with Gasteiger partial charge in [-0.2, -0.15) is 0 Å². The summed E-state index contributed by atoms with van der Waals surface area (Å²) in [6.45, 7) is 15.0. The normalized spacial score (nSPS) is 12.9. The van der Waals surface area contributed by atoms with Crippen LogP contribution in [0.15, 0.2) is 24.8 Å². The lowest BCUT2D eigenvalue weighted by atomic mass is 9.87. The number of rotatable bonds is 4. The molecule has 84 valence electrons. The fourth-order valence-electron chi connectivity index (χ4n) is 1.47. The van der Waals surface area contributed by atoms with E-state index in [4.69, 9.17) is 0 Å². The highest BCUT2D eigenvalue weighted by atomic mass is 14.8. The van der Waals surface area contributed by atoms with E-state index in [9.17, 15) is 0 Å². The maximum absolute atomic E-state index is 3.88. The summed E-state index contributed by atoms with van der Waals surface area (Å²) in [5.74, 6) is 0. The summed E-state index contributed by atoms with van der Waals surface area (Å²) >= 11 is 0. The van der Waals surface area contributed by atoms with Gasteiger partial charge in [0.2, 0.25) is 0 Å². The van der Waals surface area contributed by atoms with E-state index in [-0.39, 0.29) is 10.8 Å². The molecule has 0 bridgehead atoms. The number of H-pyrrole nitrogens is 1. The average molecular weight is 205 g/mol. The van der Waals surface area contributed by atoms with Crippen molar-refractivity contribution in [2.75, 3.05) is 0 Å². The van der Waals surface area contributed by atoms with Crippen molar-refractivity contribution in [1.82, 2.24) is 4.98 Å². The fraction of sp³-hybridized carbons (Fsp3) is 0.571. The predicted octanol–water partition coefficient (Wildman–Crippen LogP) is 4.17. The summed E-state index contributed by atoms with van der Waals surface area (Å²) in [5.41, 5.74) is 2.82. The van der Waals surface area contributed by atoms with Crippen molar-refractivity contribution in [3.05, 3.63) is 36.2 Å². The summed E-state index contributed by atoms with van der Waals surface area (Å²) in [6, 6.07) is 4.37. The Morgan fingerprint density at radius 1 is 1.20 bits per heavy atom. The van der Waals surface area contributed by atoms with Gasteiger partial charge in [0.25, 0.3) is 0 Å². The highest BCUT2D eigenvalue weighted by Crippen LogP contribution is 2.30. The zero-order valence-electron chi connectivity index (χ0n) is 10.6. The lowest BCUT2D eigenvalue weighted by Crippen LogP contribution is -2.18. The molecule has 0 atom stereocenters. The molecular formula is C14H23N. The SMILES string of the molecule is C=CC(C)(C)c1ccc(C(C)(C)CC)[nH]1. The monoisotopic (exact) mass is 205 g/mol. The molecule has 15 heavy (non-hydrogen) atoms. The topological polar surface area (TPSA) is 15.8 Å². The van der Waals surface area contributed by atoms with Crippen LogP contribution >= 0.6 is 0 Å². The second-order valence-electron chi connectivity index (χ2n) is 5.45. The third-order valence-electron chi connectivity index (χ3n) is 3.50. The van der Waals surface area contributed by atoms with E-state index in [0.29, 0.717) is 0 Å². The Balaban J connectivity index is 3.05. The summed E-state index contributed by atoms with van der Waals surface area (Å²) in [5, 5.41) is 0. The minimum Gasteiger partial charge on any atom is -0.361 e. The molecule has 0 unspecified atom stereocenters. The number of hydrogen-bond donors (Lipinski definition) is 1. The molecule has 0 radical (unpaired) electrons. The maximum atomic E-state index is 3.88. The summed E-state index contributed by atoms with van der Waals surface area (Å²) in [4.78, 5) is 3.52. The van der Waals surface area contributed by atoms with Crippen LogP contribution < -0.4 is 0 Å². The standard InChI is InChI=1S/C14H23N/c1-7-13(3,4)11-9-10-12(15-11)14(5,6)8-2/h7,9-10,15H,1,8H2,2-6H3. The van der Waals surface area contributed by atoms with Gasteiger partial charge in [-0.1, -0.05) is 40.7 Å². The molecule has 1 rings (SSSR count). The van der Waals surface area contributed by atoms with Gasteiger partial charge in [0.15, 0.2) is 0 Å². The molecule has 0 amide bonds. The van der Waals surface area contributed by atoms with E-state index in [1.54, 1.807) is 0 Å². The van der Waals surface area contributed by atoms with Crippen LogP contribution in [0, 0.1) is 0 Å². The molecule has 1 aromatic heterocycles. The molecule has 0 saturated heterocycles. The molecule has 0 aliphatic carbocycles. The summed E-state index contributed by atoms with van der Waals surface area (Å²) in [7, 11) is 0. The third kappa shape index (κ3) is 2.34. The largest absolute Gasteiger partial charge is 0.361 e. The first-order valence-corrected chi connectivity index (χ1v) is 5.67. The van der Waals surface area contributed by atoms with Crippen LogP contribution in [0.25, 0.3) is 0 Å². The second-order valence-corrected chi connectivity index (χ2v) is 5.45. The van der Waals surface area contributed by atoms with Gasteiger partial charge in [0.1, 0.15) is 0 Å². The predicted molar refractivity (Wildman–Crippen MR) is 67.3 cm³/mol. The van der Waals surface area contributed by atoms with Crippen LogP contribution in [0.1, 0.15) is 52.4 Å². The Morgan fingerprint density at radius 2 is 1.73 bits per heavy atom. The van der Waals surface area contributed by atoms with E-state index < -0.39 is 0 Å². The smallest absolute Gasteiger partial charge is 0.0245 e. The van der Waals surface area contributed by atoms with Crippen LogP contribution in [0.4, 0.5) is 0 Å². The Hall–Kier alpha value is -0.980. The van der Waals surface area contributed by atoms with Gasteiger partial charge in [-0.15, -0.1) is 6.58 Å². The van der Waals surface area contributed by atoms with Gasteiger partial charge in [-0.05, 0) is 18.6 Å². The molecule has 0 aromatic carbocycles. The molecule has 1 heterocycles. The molecule has 0 aliphatic rings. The zero-order chi connectivity index (χ0) is 11.7. The van der Waals surface area contributed by atoms with Crippen LogP contribution in [-0.2, 0) is 10.8 Å². The lowest BCUT2D eigenvalue weighted by molar-refractivity contribution is 0.489. The van der Waals surface area contributed by atoms with Gasteiger partial charge >= 0.3 is 0 Å². The third-order valence-corrected chi connectivity index (χ3v) is 3.50. The van der Waals surface area contributed by atoms with Gasteiger partial charge in [0, 0.05) is 22.2 Å². The molecule has 0 fully saturated rings. The molecular weight excluding hydrogens is 182 g/mol. The molecule has 0 spiro atoms. The van der Waals surface area contributed by atoms with Gasteiger partial charge in [-0.3, -0.25) is 0 Å². The summed E-state index contributed by atoms with van der Waals surface area (Å²) in [6.07, 6.45) is 3.13. The first-order valence-electron chi connectivity index (χ1n) is 5.67. The first-order chi connectivity index (χ1) is 6.83.